The molecule has 5 heteroatoms. The Morgan fingerprint density at radius 3 is 2.50 bits per heavy atom. The Hall–Kier alpha value is -1.36. The molecule has 20 heavy (non-hydrogen) atoms. The highest BCUT2D eigenvalue weighted by Gasteiger charge is 2.40. The minimum Gasteiger partial charge on any atom is -0.445 e. The van der Waals surface area contributed by atoms with Crippen molar-refractivity contribution in [3.8, 4) is 0 Å². The Bertz CT molecular complexity index is 471. The van der Waals surface area contributed by atoms with Crippen molar-refractivity contribution >= 4 is 27.8 Å². The first-order valence-corrected chi connectivity index (χ1v) is 7.82. The third-order valence-corrected chi connectivity index (χ3v) is 4.20. The van der Waals surface area contributed by atoms with Crippen LogP contribution in [0.15, 0.2) is 30.3 Å². The molecule has 1 aromatic rings. The molecule has 0 saturated heterocycles. The predicted octanol–water partition coefficient (Wildman–Crippen LogP) is 3.19. The molecule has 0 heterocycles. The molecule has 1 N–H and O–H groups in total. The van der Waals surface area contributed by atoms with Gasteiger partial charge in [0, 0.05) is 6.42 Å². The second kappa shape index (κ2) is 6.88. The summed E-state index contributed by atoms with van der Waals surface area (Å²) in [5, 5.41) is 3.19. The van der Waals surface area contributed by atoms with E-state index in [0.717, 1.165) is 24.8 Å². The van der Waals surface area contributed by atoms with E-state index in [1.165, 1.54) is 0 Å². The number of alkyl halides is 1. The third kappa shape index (κ3) is 4.07. The van der Waals surface area contributed by atoms with Crippen molar-refractivity contribution in [2.75, 3.05) is 5.33 Å². The number of ether oxygens (including phenoxy) is 1. The molecule has 108 valence electrons. The van der Waals surface area contributed by atoms with Crippen LogP contribution in [0.2, 0.25) is 0 Å². The normalized spacial score (nSPS) is 16.1. The first-order valence-electron chi connectivity index (χ1n) is 6.70. The van der Waals surface area contributed by atoms with Gasteiger partial charge in [0.05, 0.1) is 10.9 Å². The Morgan fingerprint density at radius 1 is 1.25 bits per heavy atom. The van der Waals surface area contributed by atoms with Crippen LogP contribution in [0, 0.1) is 0 Å². The molecule has 1 aliphatic rings. The van der Waals surface area contributed by atoms with E-state index < -0.39 is 11.6 Å². The predicted molar refractivity (Wildman–Crippen MR) is 79.8 cm³/mol. The van der Waals surface area contributed by atoms with Crippen molar-refractivity contribution in [1.29, 1.82) is 0 Å². The summed E-state index contributed by atoms with van der Waals surface area (Å²) in [4.78, 5) is 23.4. The number of carbonyl (C=O) groups is 2. The van der Waals surface area contributed by atoms with Crippen LogP contribution in [0.4, 0.5) is 4.79 Å². The van der Waals surface area contributed by atoms with E-state index in [9.17, 15) is 9.59 Å². The fourth-order valence-electron chi connectivity index (χ4n) is 2.35. The maximum atomic E-state index is 11.8. The van der Waals surface area contributed by atoms with Crippen LogP contribution in [-0.2, 0) is 16.1 Å². The van der Waals surface area contributed by atoms with Gasteiger partial charge in [-0.25, -0.2) is 4.79 Å². The molecule has 1 aliphatic carbocycles. The first-order chi connectivity index (χ1) is 9.63. The summed E-state index contributed by atoms with van der Waals surface area (Å²) < 4.78 is 5.20. The molecule has 0 bridgehead atoms. The van der Waals surface area contributed by atoms with Crippen molar-refractivity contribution < 1.29 is 14.3 Å². The number of nitrogens with one attached hydrogen (secondary N) is 1. The largest absolute Gasteiger partial charge is 0.445 e. The van der Waals surface area contributed by atoms with Gasteiger partial charge in [-0.15, -0.1) is 0 Å². The van der Waals surface area contributed by atoms with Gasteiger partial charge in [0.25, 0.3) is 0 Å². The van der Waals surface area contributed by atoms with Crippen LogP contribution >= 0.6 is 15.9 Å². The summed E-state index contributed by atoms with van der Waals surface area (Å²) in [6, 6.07) is 9.53. The SMILES string of the molecule is O=C(CBr)CC1(NC(=O)OCc2ccccc2)CCC1. The molecule has 1 aromatic carbocycles. The van der Waals surface area contributed by atoms with E-state index in [4.69, 9.17) is 4.74 Å². The highest BCUT2D eigenvalue weighted by molar-refractivity contribution is 9.09. The lowest BCUT2D eigenvalue weighted by atomic mass is 9.73. The number of halogens is 1. The summed E-state index contributed by atoms with van der Waals surface area (Å²) in [5.41, 5.74) is 0.556. The fourth-order valence-corrected chi connectivity index (χ4v) is 2.55. The van der Waals surface area contributed by atoms with Crippen molar-refractivity contribution in [2.24, 2.45) is 0 Å². The molecule has 4 nitrogen and oxygen atoms in total. The molecule has 0 unspecified atom stereocenters. The molecule has 0 atom stereocenters. The Kier molecular flexibility index (Phi) is 5.17. The maximum Gasteiger partial charge on any atom is 0.407 e. The number of Topliss-reactive ketones (excluding diaryl/α,β-unsaturated/α-hetero) is 1. The molecule has 1 saturated carbocycles. The molecule has 0 aromatic heterocycles. The minimum atomic E-state index is -0.448. The zero-order valence-electron chi connectivity index (χ0n) is 11.2. The zero-order valence-corrected chi connectivity index (χ0v) is 12.8. The fraction of sp³-hybridized carbons (Fsp3) is 0.467. The Morgan fingerprint density at radius 2 is 1.95 bits per heavy atom. The Balaban J connectivity index is 1.82. The standard InChI is InChI=1S/C15H18BrNO3/c16-10-13(18)9-15(7-4-8-15)17-14(19)20-11-12-5-2-1-3-6-12/h1-3,5-6H,4,7-11H2,(H,17,19). The van der Waals surface area contributed by atoms with Crippen LogP contribution < -0.4 is 5.32 Å². The lowest BCUT2D eigenvalue weighted by Gasteiger charge is -2.41. The van der Waals surface area contributed by atoms with Crippen molar-refractivity contribution in [2.45, 2.75) is 37.8 Å². The minimum absolute atomic E-state index is 0.105. The molecule has 2 rings (SSSR count). The summed E-state index contributed by atoms with van der Waals surface area (Å²) in [5.74, 6) is 0.105. The summed E-state index contributed by atoms with van der Waals surface area (Å²) in [6.45, 7) is 0.245. The van der Waals surface area contributed by atoms with E-state index in [-0.39, 0.29) is 12.4 Å². The highest BCUT2D eigenvalue weighted by Crippen LogP contribution is 2.35. The number of benzene rings is 1. The number of hydrogen-bond acceptors (Lipinski definition) is 3. The van der Waals surface area contributed by atoms with Gasteiger partial charge in [0.1, 0.15) is 12.4 Å². The van der Waals surface area contributed by atoms with E-state index in [1.54, 1.807) is 0 Å². The summed E-state index contributed by atoms with van der Waals surface area (Å²) in [7, 11) is 0. The van der Waals surface area contributed by atoms with Gasteiger partial charge < -0.3 is 10.1 Å². The number of ketones is 1. The number of alkyl carbamates (subject to hydrolysis) is 1. The number of amides is 1. The quantitative estimate of drug-likeness (QED) is 0.809. The molecular weight excluding hydrogens is 322 g/mol. The van der Waals surface area contributed by atoms with Crippen molar-refractivity contribution in [1.82, 2.24) is 5.32 Å². The highest BCUT2D eigenvalue weighted by atomic mass is 79.9. The molecule has 0 radical (unpaired) electrons. The van der Waals surface area contributed by atoms with Gasteiger partial charge in [-0.2, -0.15) is 0 Å². The van der Waals surface area contributed by atoms with Crippen molar-refractivity contribution in [3.05, 3.63) is 35.9 Å². The van der Waals surface area contributed by atoms with Gasteiger partial charge in [-0.05, 0) is 24.8 Å². The number of hydrogen-bond donors (Lipinski definition) is 1. The second-order valence-corrected chi connectivity index (χ2v) is 5.73. The summed E-state index contributed by atoms with van der Waals surface area (Å²) in [6.07, 6.45) is 2.64. The molecule has 1 fully saturated rings. The van der Waals surface area contributed by atoms with Crippen LogP contribution in [0.5, 0.6) is 0 Å². The Labute approximate surface area is 127 Å². The van der Waals surface area contributed by atoms with Gasteiger partial charge in [0.15, 0.2) is 0 Å². The van der Waals surface area contributed by atoms with Crippen LogP contribution in [0.3, 0.4) is 0 Å². The molecule has 1 amide bonds. The first kappa shape index (κ1) is 15.0. The molecule has 0 spiro atoms. The average molecular weight is 340 g/mol. The van der Waals surface area contributed by atoms with Crippen LogP contribution in [0.25, 0.3) is 0 Å². The van der Waals surface area contributed by atoms with E-state index in [0.29, 0.717) is 11.8 Å². The lowest BCUT2D eigenvalue weighted by molar-refractivity contribution is -0.118. The van der Waals surface area contributed by atoms with Crippen molar-refractivity contribution in [3.63, 3.8) is 0 Å². The zero-order chi connectivity index (χ0) is 14.4. The maximum absolute atomic E-state index is 11.8. The van der Waals surface area contributed by atoms with Gasteiger partial charge in [-0.1, -0.05) is 46.3 Å². The topological polar surface area (TPSA) is 55.4 Å². The molecule has 0 aliphatic heterocycles. The van der Waals surface area contributed by atoms with Crippen LogP contribution in [-0.4, -0.2) is 22.7 Å². The number of rotatable bonds is 6. The molecular formula is C15H18BrNO3. The van der Waals surface area contributed by atoms with Gasteiger partial charge >= 0.3 is 6.09 Å². The van der Waals surface area contributed by atoms with E-state index >= 15 is 0 Å². The van der Waals surface area contributed by atoms with E-state index in [1.807, 2.05) is 30.3 Å². The van der Waals surface area contributed by atoms with Gasteiger partial charge in [-0.3, -0.25) is 4.79 Å². The monoisotopic (exact) mass is 339 g/mol. The van der Waals surface area contributed by atoms with Gasteiger partial charge in [0.2, 0.25) is 0 Å². The summed E-state index contributed by atoms with van der Waals surface area (Å²) >= 11 is 3.15. The second-order valence-electron chi connectivity index (χ2n) is 5.17. The third-order valence-electron chi connectivity index (χ3n) is 3.58. The lowest BCUT2D eigenvalue weighted by Crippen LogP contribution is -2.54. The average Bonchev–Trinajstić information content (AvgIpc) is 2.43. The van der Waals surface area contributed by atoms with Crippen LogP contribution in [0.1, 0.15) is 31.2 Å². The smallest absolute Gasteiger partial charge is 0.407 e. The number of carbonyl (C=O) groups excluding carboxylic acids is 2. The van der Waals surface area contributed by atoms with E-state index in [2.05, 4.69) is 21.2 Å².